The number of H-pyrrole nitrogens is 1. The minimum absolute atomic E-state index is 0.106. The maximum atomic E-state index is 12.9. The fourth-order valence-corrected chi connectivity index (χ4v) is 4.66. The summed E-state index contributed by atoms with van der Waals surface area (Å²) in [6.07, 6.45) is 4.69. The third-order valence-electron chi connectivity index (χ3n) is 6.12. The number of nitrogens with zero attached hydrogens (tertiary/aromatic N) is 6. The zero-order chi connectivity index (χ0) is 21.8. The summed E-state index contributed by atoms with van der Waals surface area (Å²) >= 11 is 0. The monoisotopic (exact) mass is 413 g/mol. The first-order chi connectivity index (χ1) is 15.0. The van der Waals surface area contributed by atoms with E-state index in [0.29, 0.717) is 37.6 Å². The fourth-order valence-electron chi connectivity index (χ4n) is 4.66. The van der Waals surface area contributed by atoms with Gasteiger partial charge in [-0.15, -0.1) is 0 Å². The van der Waals surface area contributed by atoms with Crippen LogP contribution in [0.3, 0.4) is 0 Å². The maximum Gasteiger partial charge on any atom is 0.245 e. The first-order valence-electron chi connectivity index (χ1n) is 9.86. The molecule has 2 fully saturated rings. The van der Waals surface area contributed by atoms with E-state index in [9.17, 15) is 14.9 Å². The summed E-state index contributed by atoms with van der Waals surface area (Å²) in [4.78, 5) is 36.7. The smallest absolute Gasteiger partial charge is 0.245 e. The Kier molecular flexibility index (Phi) is 4.12. The second-order valence-electron chi connectivity index (χ2n) is 8.18. The van der Waals surface area contributed by atoms with Gasteiger partial charge in [0.05, 0.1) is 17.4 Å². The van der Waals surface area contributed by atoms with E-state index in [4.69, 9.17) is 0 Å². The first-order valence-corrected chi connectivity index (χ1v) is 9.86. The largest absolute Gasteiger partial charge is 0.338 e. The van der Waals surface area contributed by atoms with Crippen LogP contribution in [0.4, 0.5) is 5.82 Å². The number of benzene rings is 1. The molecule has 0 bridgehead atoms. The summed E-state index contributed by atoms with van der Waals surface area (Å²) < 4.78 is 0. The van der Waals surface area contributed by atoms with Crippen molar-refractivity contribution in [2.45, 2.75) is 13.3 Å². The van der Waals surface area contributed by atoms with Gasteiger partial charge in [-0.1, -0.05) is 12.6 Å². The van der Waals surface area contributed by atoms with Crippen LogP contribution < -0.4 is 4.90 Å². The van der Waals surface area contributed by atoms with Gasteiger partial charge in [-0.3, -0.25) is 19.6 Å². The molecule has 1 aromatic carbocycles. The van der Waals surface area contributed by atoms with E-state index in [2.05, 4.69) is 32.8 Å². The number of carbonyl (C=O) groups excluding carboxylic acids is 2. The van der Waals surface area contributed by atoms with Crippen molar-refractivity contribution in [3.8, 4) is 17.3 Å². The molecular weight excluding hydrogens is 394 g/mol. The van der Waals surface area contributed by atoms with Crippen LogP contribution in [0, 0.1) is 23.7 Å². The van der Waals surface area contributed by atoms with Crippen LogP contribution in [-0.4, -0.2) is 56.5 Å². The molecule has 0 aliphatic carbocycles. The van der Waals surface area contributed by atoms with E-state index in [1.165, 1.54) is 12.4 Å². The van der Waals surface area contributed by atoms with Gasteiger partial charge in [0, 0.05) is 42.4 Å². The van der Waals surface area contributed by atoms with Crippen molar-refractivity contribution in [3.05, 3.63) is 48.4 Å². The lowest BCUT2D eigenvalue weighted by Gasteiger charge is -2.47. The van der Waals surface area contributed by atoms with Gasteiger partial charge in [-0.05, 0) is 24.6 Å². The predicted octanol–water partition coefficient (Wildman–Crippen LogP) is 1.95. The molecule has 9 heteroatoms. The van der Waals surface area contributed by atoms with E-state index in [1.54, 1.807) is 16.0 Å². The molecule has 1 N–H and O–H groups in total. The number of carbonyl (C=O) groups is 2. The van der Waals surface area contributed by atoms with E-state index in [-0.39, 0.29) is 22.8 Å². The van der Waals surface area contributed by atoms with E-state index >= 15 is 0 Å². The second-order valence-corrected chi connectivity index (χ2v) is 8.18. The number of nitriles is 1. The number of likely N-dealkylation sites (tertiary alicyclic amines) is 1. The number of amides is 2. The summed E-state index contributed by atoms with van der Waals surface area (Å²) in [5.74, 6) is 0.0649. The quantitative estimate of drug-likeness (QED) is 0.656. The SMILES string of the molecule is C=CC(=O)N1CC2(CC(=O)N(c3ncnc(-c4c(C)ccc5[nH]ncc45)c3C#N)C2)C1. The zero-order valence-electron chi connectivity index (χ0n) is 16.9. The third kappa shape index (κ3) is 2.79. The standard InChI is InChI=1S/C22H19N7O2/c1-3-17(30)28-9-22(10-28)6-18(31)29(11-22)21-14(7-23)20(24-12-25-21)19-13(2)4-5-16-15(19)8-26-27-16/h3-5,8,12H,1,6,9-11H2,2H3,(H,26,27). The number of aryl methyl sites for hydroxylation is 1. The van der Waals surface area contributed by atoms with Crippen LogP contribution in [0.25, 0.3) is 22.2 Å². The van der Waals surface area contributed by atoms with Gasteiger partial charge in [0.2, 0.25) is 11.8 Å². The van der Waals surface area contributed by atoms with Crippen molar-refractivity contribution in [2.24, 2.45) is 5.41 Å². The van der Waals surface area contributed by atoms with Crippen molar-refractivity contribution in [2.75, 3.05) is 24.5 Å². The third-order valence-corrected chi connectivity index (χ3v) is 6.12. The number of aromatic amines is 1. The van der Waals surface area contributed by atoms with Crippen molar-refractivity contribution >= 4 is 28.5 Å². The van der Waals surface area contributed by atoms with Gasteiger partial charge in [0.15, 0.2) is 5.82 Å². The Hall–Kier alpha value is -4.06. The highest BCUT2D eigenvalue weighted by Gasteiger charge is 2.53. The van der Waals surface area contributed by atoms with Gasteiger partial charge in [0.1, 0.15) is 18.0 Å². The average Bonchev–Trinajstić information content (AvgIpc) is 3.36. The Morgan fingerprint density at radius 2 is 2.13 bits per heavy atom. The molecule has 0 unspecified atom stereocenters. The summed E-state index contributed by atoms with van der Waals surface area (Å²) in [6.45, 7) is 6.85. The topological polar surface area (TPSA) is 119 Å². The van der Waals surface area contributed by atoms with Crippen LogP contribution >= 0.6 is 0 Å². The van der Waals surface area contributed by atoms with Gasteiger partial charge < -0.3 is 4.90 Å². The lowest BCUT2D eigenvalue weighted by molar-refractivity contribution is -0.138. The van der Waals surface area contributed by atoms with E-state index in [1.807, 2.05) is 19.1 Å². The summed E-state index contributed by atoms with van der Waals surface area (Å²) in [7, 11) is 0. The van der Waals surface area contributed by atoms with Crippen LogP contribution in [0.1, 0.15) is 17.5 Å². The molecule has 5 rings (SSSR count). The molecule has 4 heterocycles. The van der Waals surface area contributed by atoms with Gasteiger partial charge in [-0.25, -0.2) is 9.97 Å². The Bertz CT molecular complexity index is 1300. The highest BCUT2D eigenvalue weighted by atomic mass is 16.2. The lowest BCUT2D eigenvalue weighted by atomic mass is 9.79. The number of aromatic nitrogens is 4. The normalized spacial score (nSPS) is 17.1. The molecule has 2 amide bonds. The summed E-state index contributed by atoms with van der Waals surface area (Å²) in [6, 6.07) is 6.08. The Labute approximate surface area is 178 Å². The first kappa shape index (κ1) is 18.9. The predicted molar refractivity (Wildman–Crippen MR) is 113 cm³/mol. The molecule has 1 spiro atoms. The van der Waals surface area contributed by atoms with Crippen LogP contribution in [0.5, 0.6) is 0 Å². The zero-order valence-corrected chi connectivity index (χ0v) is 16.9. The highest BCUT2D eigenvalue weighted by molar-refractivity contribution is 6.01. The van der Waals surface area contributed by atoms with Crippen molar-refractivity contribution in [1.29, 1.82) is 5.26 Å². The molecule has 0 radical (unpaired) electrons. The maximum absolute atomic E-state index is 12.9. The Morgan fingerprint density at radius 3 is 2.87 bits per heavy atom. The fraction of sp³-hybridized carbons (Fsp3) is 0.273. The van der Waals surface area contributed by atoms with Crippen molar-refractivity contribution in [3.63, 3.8) is 0 Å². The van der Waals surface area contributed by atoms with Crippen LogP contribution in [-0.2, 0) is 9.59 Å². The number of nitrogens with one attached hydrogen (secondary N) is 1. The molecule has 2 aliphatic rings. The average molecular weight is 413 g/mol. The molecular formula is C22H19N7O2. The lowest BCUT2D eigenvalue weighted by Crippen LogP contribution is -2.59. The molecule has 9 nitrogen and oxygen atoms in total. The highest BCUT2D eigenvalue weighted by Crippen LogP contribution is 2.43. The number of hydrogen-bond donors (Lipinski definition) is 1. The van der Waals surface area contributed by atoms with Crippen LogP contribution in [0.15, 0.2) is 37.3 Å². The molecule has 0 saturated carbocycles. The molecule has 154 valence electrons. The molecule has 2 aliphatic heterocycles. The Balaban J connectivity index is 1.55. The summed E-state index contributed by atoms with van der Waals surface area (Å²) in [5.41, 5.74) is 2.98. The van der Waals surface area contributed by atoms with E-state index < -0.39 is 0 Å². The van der Waals surface area contributed by atoms with Gasteiger partial charge in [-0.2, -0.15) is 10.4 Å². The van der Waals surface area contributed by atoms with Crippen molar-refractivity contribution < 1.29 is 9.59 Å². The minimum atomic E-state index is -0.311. The second kappa shape index (κ2) is 6.74. The number of hydrogen-bond acceptors (Lipinski definition) is 6. The molecule has 0 atom stereocenters. The molecule has 31 heavy (non-hydrogen) atoms. The van der Waals surface area contributed by atoms with Gasteiger partial charge in [0.25, 0.3) is 0 Å². The molecule has 3 aromatic rings. The Morgan fingerprint density at radius 1 is 1.32 bits per heavy atom. The van der Waals surface area contributed by atoms with Crippen molar-refractivity contribution in [1.82, 2.24) is 25.1 Å². The van der Waals surface area contributed by atoms with Gasteiger partial charge >= 0.3 is 0 Å². The number of rotatable bonds is 3. The molecule has 2 aromatic heterocycles. The minimum Gasteiger partial charge on any atom is -0.338 e. The number of anilines is 1. The number of fused-ring (bicyclic) bond motifs is 1. The molecule has 2 saturated heterocycles. The van der Waals surface area contributed by atoms with Crippen LogP contribution in [0.2, 0.25) is 0 Å². The summed E-state index contributed by atoms with van der Waals surface area (Å²) in [5, 5.41) is 17.9. The van der Waals surface area contributed by atoms with E-state index in [0.717, 1.165) is 22.0 Å².